The minimum Gasteiger partial charge on any atom is -0.301 e. The van der Waals surface area contributed by atoms with Crippen molar-refractivity contribution in [1.82, 2.24) is 15.0 Å². The lowest BCUT2D eigenvalue weighted by Gasteiger charge is -2.20. The molecule has 6 aromatic carbocycles. The number of anilines is 5. The van der Waals surface area contributed by atoms with Crippen molar-refractivity contribution in [3.63, 3.8) is 0 Å². The van der Waals surface area contributed by atoms with Gasteiger partial charge in [-0.3, -0.25) is 38.2 Å². The molecule has 0 aliphatic carbocycles. The molecule has 0 bridgehead atoms. The molecule has 32 heteroatoms. The predicted molar refractivity (Wildman–Crippen MR) is 258 cm³/mol. The number of aromatic nitrogens is 3. The summed E-state index contributed by atoms with van der Waals surface area (Å²) in [5.41, 5.74) is 10.8. The van der Waals surface area contributed by atoms with Gasteiger partial charge in [0, 0.05) is 0 Å². The highest BCUT2D eigenvalue weighted by Gasteiger charge is 2.25. The molecule has 0 radical (unpaired) electrons. The Kier molecular flexibility index (Phi) is 13.0. The molecule has 1 aliphatic rings. The van der Waals surface area contributed by atoms with Crippen molar-refractivity contribution < 1.29 is 77.8 Å². The molecule has 7 aromatic rings. The third-order valence-electron chi connectivity index (χ3n) is 10.3. The van der Waals surface area contributed by atoms with Gasteiger partial charge < -0.3 is 10.9 Å². The third-order valence-corrected chi connectivity index (χ3v) is 15.6. The standard InChI is InChI=1S/C40H32N8O18S6/c49-67(50,51)31-13-15-33-35(21-31)45-47(43-33)29-11-7-25(39(19-29)71(61,62)63)3-1-23-5-9-27(17-37(23)69(55,56)57)41-42-28-10-6-24(38(18-28)70(58,59)60)2-4-26-8-12-30(20-40(26)72(64,65)66)48-44-34-16-14-32(68(52,53)54)22-36(34)46-48/h1-22,41-43,45H,(H,49,50,51)(H,52,53,54)(H,55,56,57)(H,58,59,60)(H,61,62,63)(H,64,65,66)/b3-1+,4-2+. The van der Waals surface area contributed by atoms with E-state index in [1.165, 1.54) is 65.8 Å². The van der Waals surface area contributed by atoms with Crippen molar-refractivity contribution in [2.45, 2.75) is 29.4 Å². The quantitative estimate of drug-likeness (QED) is 0.0372. The van der Waals surface area contributed by atoms with Gasteiger partial charge >= 0.3 is 0 Å². The van der Waals surface area contributed by atoms with Gasteiger partial charge in [-0.2, -0.15) is 60.4 Å². The largest absolute Gasteiger partial charge is 0.301 e. The predicted octanol–water partition coefficient (Wildman–Crippen LogP) is 4.85. The molecule has 8 rings (SSSR count). The second-order valence-electron chi connectivity index (χ2n) is 15.1. The molecule has 10 N–H and O–H groups in total. The van der Waals surface area contributed by atoms with Crippen LogP contribution in [0.2, 0.25) is 0 Å². The van der Waals surface area contributed by atoms with Gasteiger partial charge in [-0.05, 0) is 107 Å². The topological polar surface area (TPSA) is 408 Å². The van der Waals surface area contributed by atoms with E-state index >= 15 is 0 Å². The molecule has 0 fully saturated rings. The van der Waals surface area contributed by atoms with Gasteiger partial charge in [0.1, 0.15) is 30.6 Å². The van der Waals surface area contributed by atoms with Gasteiger partial charge in [-0.15, -0.1) is 10.2 Å². The second-order valence-corrected chi connectivity index (χ2v) is 23.5. The summed E-state index contributed by atoms with van der Waals surface area (Å²) < 4.78 is 206. The Morgan fingerprint density at radius 3 is 1.25 bits per heavy atom. The Balaban J connectivity index is 1.01. The molecule has 1 aromatic heterocycles. The van der Waals surface area contributed by atoms with Gasteiger partial charge in [0.25, 0.3) is 60.7 Å². The molecule has 0 saturated carbocycles. The lowest BCUT2D eigenvalue weighted by molar-refractivity contribution is 0.480. The van der Waals surface area contributed by atoms with E-state index in [1.54, 1.807) is 0 Å². The maximum Gasteiger partial charge on any atom is 0.295 e. The van der Waals surface area contributed by atoms with Crippen LogP contribution in [0.25, 0.3) is 41.0 Å². The molecular weight excluding hydrogens is 1070 g/mol. The molecule has 0 spiro atoms. The van der Waals surface area contributed by atoms with Gasteiger partial charge in [0.05, 0.1) is 43.9 Å². The normalized spacial score (nSPS) is 13.6. The molecular formula is C40H32N8O18S6. The third kappa shape index (κ3) is 11.2. The van der Waals surface area contributed by atoms with Crippen LogP contribution in [0.15, 0.2) is 139 Å². The Bertz CT molecular complexity index is 4190. The molecule has 72 heavy (non-hydrogen) atoms. The highest BCUT2D eigenvalue weighted by atomic mass is 32.2. The first kappa shape index (κ1) is 51.0. The van der Waals surface area contributed by atoms with Gasteiger partial charge in [-0.1, -0.05) is 48.6 Å². The Morgan fingerprint density at radius 1 is 0.389 bits per heavy atom. The number of hydrogen-bond acceptors (Lipinski definition) is 19. The maximum atomic E-state index is 12.6. The smallest absolute Gasteiger partial charge is 0.295 e. The SMILES string of the molecule is O=S(=O)(O)c1ccc2c(c1)NN(c1ccc(/C=C/c3ccc(NNc4ccc(/C=C/c5ccc(-n6nc7ccc(S(=O)(=O)O)cc7n6)cc5S(=O)(=O)O)c(S(=O)(=O)O)c4)cc3S(=O)(=O)O)c(S(=O)(=O)O)c1)N2. The van der Waals surface area contributed by atoms with Crippen molar-refractivity contribution in [2.24, 2.45) is 0 Å². The zero-order valence-electron chi connectivity index (χ0n) is 35.5. The minimum atomic E-state index is -5.01. The van der Waals surface area contributed by atoms with E-state index in [4.69, 9.17) is 0 Å². The van der Waals surface area contributed by atoms with Crippen LogP contribution in [0.5, 0.6) is 0 Å². The van der Waals surface area contributed by atoms with E-state index in [1.807, 2.05) is 0 Å². The lowest BCUT2D eigenvalue weighted by Crippen LogP contribution is -2.29. The monoisotopic (exact) mass is 1100 g/mol. The van der Waals surface area contributed by atoms with Crippen molar-refractivity contribution in [3.8, 4) is 5.69 Å². The fourth-order valence-electron chi connectivity index (χ4n) is 6.92. The van der Waals surface area contributed by atoms with Crippen LogP contribution in [0.1, 0.15) is 22.3 Å². The molecule has 0 amide bonds. The van der Waals surface area contributed by atoms with E-state index in [0.29, 0.717) is 5.69 Å². The summed E-state index contributed by atoms with van der Waals surface area (Å²) in [6.45, 7) is 0. The summed E-state index contributed by atoms with van der Waals surface area (Å²) in [6, 6.07) is 20.9. The van der Waals surface area contributed by atoms with E-state index in [9.17, 15) is 77.8 Å². The van der Waals surface area contributed by atoms with Crippen LogP contribution < -0.4 is 26.8 Å². The Hall–Kier alpha value is -7.34. The Morgan fingerprint density at radius 2 is 0.778 bits per heavy atom. The average molecular weight is 1110 g/mol. The second kappa shape index (κ2) is 18.4. The molecule has 376 valence electrons. The summed E-state index contributed by atoms with van der Waals surface area (Å²) in [6.07, 6.45) is 4.45. The fourth-order valence-corrected chi connectivity index (χ4v) is 10.8. The van der Waals surface area contributed by atoms with Crippen LogP contribution in [0, 0.1) is 0 Å². The van der Waals surface area contributed by atoms with Crippen molar-refractivity contribution in [2.75, 3.05) is 26.8 Å². The van der Waals surface area contributed by atoms with Crippen LogP contribution in [-0.2, 0) is 60.7 Å². The fraction of sp³-hybridized carbons (Fsp3) is 0. The molecule has 0 unspecified atom stereocenters. The number of nitrogens with one attached hydrogen (secondary N) is 4. The highest BCUT2D eigenvalue weighted by molar-refractivity contribution is 7.87. The van der Waals surface area contributed by atoms with E-state index in [0.717, 1.165) is 77.6 Å². The first-order valence-corrected chi connectivity index (χ1v) is 28.2. The number of nitrogens with zero attached hydrogens (tertiary/aromatic N) is 4. The van der Waals surface area contributed by atoms with E-state index < -0.39 is 90.1 Å². The van der Waals surface area contributed by atoms with Crippen LogP contribution in [0.4, 0.5) is 28.4 Å². The van der Waals surface area contributed by atoms with Gasteiger partial charge in [-0.25, -0.2) is 0 Å². The van der Waals surface area contributed by atoms with Crippen molar-refractivity contribution >= 4 is 124 Å². The summed E-state index contributed by atoms with van der Waals surface area (Å²) in [4.78, 5) is -2.74. The number of rotatable bonds is 15. The summed E-state index contributed by atoms with van der Waals surface area (Å²) in [7, 11) is -29.1. The average Bonchev–Trinajstić information content (AvgIpc) is 3.92. The minimum absolute atomic E-state index is 0.00797. The molecule has 0 saturated heterocycles. The van der Waals surface area contributed by atoms with E-state index in [2.05, 4.69) is 31.9 Å². The first-order chi connectivity index (χ1) is 33.4. The van der Waals surface area contributed by atoms with Gasteiger partial charge in [0.15, 0.2) is 0 Å². The molecule has 2 heterocycles. The maximum absolute atomic E-state index is 12.6. The first-order valence-electron chi connectivity index (χ1n) is 19.6. The zero-order chi connectivity index (χ0) is 52.3. The van der Waals surface area contributed by atoms with Crippen molar-refractivity contribution in [3.05, 3.63) is 131 Å². The van der Waals surface area contributed by atoms with Crippen LogP contribution >= 0.6 is 0 Å². The summed E-state index contributed by atoms with van der Waals surface area (Å²) in [5, 5.41) is 9.43. The zero-order valence-corrected chi connectivity index (χ0v) is 40.4. The lowest BCUT2D eigenvalue weighted by atomic mass is 10.1. The highest BCUT2D eigenvalue weighted by Crippen LogP contribution is 2.35. The Labute approximate surface area is 408 Å². The molecule has 26 nitrogen and oxygen atoms in total. The number of benzene rings is 6. The number of hydrogen-bond donors (Lipinski definition) is 10. The summed E-state index contributed by atoms with van der Waals surface area (Å²) in [5.74, 6) is 0. The van der Waals surface area contributed by atoms with Gasteiger partial charge in [0.2, 0.25) is 0 Å². The number of fused-ring (bicyclic) bond motifs is 2. The van der Waals surface area contributed by atoms with Crippen LogP contribution in [0.3, 0.4) is 0 Å². The number of hydrazine groups is 3. The van der Waals surface area contributed by atoms with Crippen LogP contribution in [-0.4, -0.2) is 92.8 Å². The molecule has 0 atom stereocenters. The molecule has 1 aliphatic heterocycles. The van der Waals surface area contributed by atoms with Crippen molar-refractivity contribution in [1.29, 1.82) is 0 Å². The van der Waals surface area contributed by atoms with E-state index in [-0.39, 0.29) is 61.7 Å². The summed E-state index contributed by atoms with van der Waals surface area (Å²) >= 11 is 0.